The number of aromatic nitrogens is 2. The van der Waals surface area contributed by atoms with Gasteiger partial charge in [-0.2, -0.15) is 0 Å². The van der Waals surface area contributed by atoms with Crippen molar-refractivity contribution in [3.05, 3.63) is 18.1 Å². The fourth-order valence-electron chi connectivity index (χ4n) is 3.58. The predicted molar refractivity (Wildman–Crippen MR) is 86.8 cm³/mol. The second-order valence-electron chi connectivity index (χ2n) is 6.61. The summed E-state index contributed by atoms with van der Waals surface area (Å²) in [6.07, 6.45) is 12.3. The highest BCUT2D eigenvalue weighted by atomic mass is 16.2. The van der Waals surface area contributed by atoms with Crippen molar-refractivity contribution in [2.24, 2.45) is 0 Å². The highest BCUT2D eigenvalue weighted by Gasteiger charge is 2.24. The van der Waals surface area contributed by atoms with Crippen molar-refractivity contribution in [1.29, 1.82) is 0 Å². The van der Waals surface area contributed by atoms with Crippen LogP contribution >= 0.6 is 0 Å². The number of hydrogen-bond acceptors (Lipinski definition) is 4. The van der Waals surface area contributed by atoms with Gasteiger partial charge in [0.2, 0.25) is 5.91 Å². The fraction of sp³-hybridized carbons (Fsp3) is 0.706. The molecule has 2 aliphatic rings. The Balaban J connectivity index is 1.59. The maximum atomic E-state index is 11.5. The maximum Gasteiger partial charge on any atom is 0.219 e. The molecule has 1 saturated heterocycles. The van der Waals surface area contributed by atoms with Gasteiger partial charge in [0.1, 0.15) is 5.82 Å². The molecular formula is C17H26N4O. The Labute approximate surface area is 132 Å². The van der Waals surface area contributed by atoms with Crippen molar-refractivity contribution in [3.63, 3.8) is 0 Å². The number of nitrogens with zero attached hydrogens (tertiary/aromatic N) is 3. The quantitative estimate of drug-likeness (QED) is 0.932. The van der Waals surface area contributed by atoms with Gasteiger partial charge in [0, 0.05) is 32.0 Å². The zero-order valence-corrected chi connectivity index (χ0v) is 13.4. The number of anilines is 1. The van der Waals surface area contributed by atoms with Gasteiger partial charge in [-0.3, -0.25) is 9.78 Å². The van der Waals surface area contributed by atoms with Crippen LogP contribution < -0.4 is 5.32 Å². The normalized spacial score (nSPS) is 23.3. The molecule has 22 heavy (non-hydrogen) atoms. The van der Waals surface area contributed by atoms with E-state index in [4.69, 9.17) is 0 Å². The van der Waals surface area contributed by atoms with E-state index in [1.165, 1.54) is 32.1 Å². The highest BCUT2D eigenvalue weighted by molar-refractivity contribution is 5.73. The van der Waals surface area contributed by atoms with Crippen LogP contribution in [-0.4, -0.2) is 39.9 Å². The van der Waals surface area contributed by atoms with Crippen LogP contribution in [0.15, 0.2) is 12.4 Å². The highest BCUT2D eigenvalue weighted by Crippen LogP contribution is 2.26. The third kappa shape index (κ3) is 3.76. The number of hydrogen-bond donors (Lipinski definition) is 1. The summed E-state index contributed by atoms with van der Waals surface area (Å²) in [5.41, 5.74) is 1.01. The predicted octanol–water partition coefficient (Wildman–Crippen LogP) is 2.95. The number of nitrogens with one attached hydrogen (secondary N) is 1. The van der Waals surface area contributed by atoms with Gasteiger partial charge in [0.25, 0.3) is 0 Å². The fourth-order valence-corrected chi connectivity index (χ4v) is 3.58. The van der Waals surface area contributed by atoms with Crippen LogP contribution in [-0.2, 0) is 4.79 Å². The van der Waals surface area contributed by atoms with Gasteiger partial charge in [0.15, 0.2) is 0 Å². The van der Waals surface area contributed by atoms with E-state index in [0.29, 0.717) is 12.0 Å². The molecule has 0 bridgehead atoms. The Morgan fingerprint density at radius 1 is 1.14 bits per heavy atom. The van der Waals surface area contributed by atoms with Crippen molar-refractivity contribution in [2.45, 2.75) is 63.8 Å². The molecule has 2 fully saturated rings. The summed E-state index contributed by atoms with van der Waals surface area (Å²) in [5, 5.41) is 3.50. The lowest BCUT2D eigenvalue weighted by molar-refractivity contribution is -0.130. The number of carbonyl (C=O) groups is 1. The van der Waals surface area contributed by atoms with Crippen molar-refractivity contribution in [3.8, 4) is 0 Å². The molecule has 5 nitrogen and oxygen atoms in total. The minimum absolute atomic E-state index is 0.160. The third-order valence-electron chi connectivity index (χ3n) is 4.91. The lowest BCUT2D eigenvalue weighted by Gasteiger charge is -2.31. The monoisotopic (exact) mass is 302 g/mol. The van der Waals surface area contributed by atoms with Crippen LogP contribution in [0.1, 0.15) is 63.5 Å². The molecule has 0 aromatic carbocycles. The second kappa shape index (κ2) is 7.07. The van der Waals surface area contributed by atoms with Crippen LogP contribution in [0.5, 0.6) is 0 Å². The molecule has 1 amide bonds. The zero-order valence-electron chi connectivity index (χ0n) is 13.4. The van der Waals surface area contributed by atoms with E-state index in [-0.39, 0.29) is 5.91 Å². The van der Waals surface area contributed by atoms with Gasteiger partial charge in [-0.15, -0.1) is 0 Å². The maximum absolute atomic E-state index is 11.5. The minimum Gasteiger partial charge on any atom is -0.366 e. The van der Waals surface area contributed by atoms with Crippen LogP contribution in [0.3, 0.4) is 0 Å². The summed E-state index contributed by atoms with van der Waals surface area (Å²) < 4.78 is 0. The Hall–Kier alpha value is -1.65. The molecule has 1 aliphatic carbocycles. The summed E-state index contributed by atoms with van der Waals surface area (Å²) in [7, 11) is 0. The summed E-state index contributed by atoms with van der Waals surface area (Å²) in [5.74, 6) is 1.37. The molecule has 1 aromatic rings. The molecule has 120 valence electrons. The number of likely N-dealkylation sites (tertiary alicyclic amines) is 1. The molecule has 1 unspecified atom stereocenters. The van der Waals surface area contributed by atoms with E-state index in [1.54, 1.807) is 6.92 Å². The standard InChI is InChI=1S/C17H26N4O/c1-13(22)21-9-5-6-14(12-21)16-10-19-17(11-18-16)20-15-7-3-2-4-8-15/h10-11,14-15H,2-9,12H2,1H3,(H,19,20). The van der Waals surface area contributed by atoms with E-state index in [1.807, 2.05) is 17.3 Å². The molecule has 1 atom stereocenters. The molecule has 0 spiro atoms. The van der Waals surface area contributed by atoms with Crippen LogP contribution in [0.4, 0.5) is 5.82 Å². The first-order valence-electron chi connectivity index (χ1n) is 8.56. The first kappa shape index (κ1) is 15.3. The third-order valence-corrected chi connectivity index (χ3v) is 4.91. The molecule has 3 rings (SSSR count). The molecule has 1 N–H and O–H groups in total. The second-order valence-corrected chi connectivity index (χ2v) is 6.61. The van der Waals surface area contributed by atoms with Gasteiger partial charge in [-0.05, 0) is 25.7 Å². The van der Waals surface area contributed by atoms with Crippen LogP contribution in [0, 0.1) is 0 Å². The van der Waals surface area contributed by atoms with Gasteiger partial charge in [0.05, 0.1) is 18.1 Å². The average molecular weight is 302 g/mol. The zero-order chi connectivity index (χ0) is 15.4. The van der Waals surface area contributed by atoms with Crippen LogP contribution in [0.25, 0.3) is 0 Å². The number of rotatable bonds is 3. The SMILES string of the molecule is CC(=O)N1CCCC(c2cnc(NC3CCCCC3)cn2)C1. The van der Waals surface area contributed by atoms with Gasteiger partial charge < -0.3 is 10.2 Å². The summed E-state index contributed by atoms with van der Waals surface area (Å²) in [4.78, 5) is 22.6. The van der Waals surface area contributed by atoms with E-state index < -0.39 is 0 Å². The number of carbonyl (C=O) groups excluding carboxylic acids is 1. The van der Waals surface area contributed by atoms with E-state index in [2.05, 4.69) is 15.3 Å². The van der Waals surface area contributed by atoms with E-state index in [0.717, 1.165) is 37.4 Å². The Morgan fingerprint density at radius 2 is 1.95 bits per heavy atom. The molecule has 2 heterocycles. The average Bonchev–Trinajstić information content (AvgIpc) is 2.56. The van der Waals surface area contributed by atoms with Crippen molar-refractivity contribution < 1.29 is 4.79 Å². The Kier molecular flexibility index (Phi) is 4.90. The molecule has 1 saturated carbocycles. The van der Waals surface area contributed by atoms with Gasteiger partial charge >= 0.3 is 0 Å². The largest absolute Gasteiger partial charge is 0.366 e. The first-order valence-corrected chi connectivity index (χ1v) is 8.56. The molecule has 1 aromatic heterocycles. The molecule has 0 radical (unpaired) electrons. The van der Waals surface area contributed by atoms with Crippen molar-refractivity contribution in [2.75, 3.05) is 18.4 Å². The summed E-state index contributed by atoms with van der Waals surface area (Å²) >= 11 is 0. The van der Waals surface area contributed by atoms with Gasteiger partial charge in [-0.1, -0.05) is 19.3 Å². The lowest BCUT2D eigenvalue weighted by atomic mass is 9.95. The minimum atomic E-state index is 0.160. The van der Waals surface area contributed by atoms with E-state index >= 15 is 0 Å². The summed E-state index contributed by atoms with van der Waals surface area (Å²) in [6.45, 7) is 3.30. The molecule has 5 heteroatoms. The summed E-state index contributed by atoms with van der Waals surface area (Å²) in [6, 6.07) is 0.553. The molecule has 1 aliphatic heterocycles. The Morgan fingerprint density at radius 3 is 2.64 bits per heavy atom. The number of amides is 1. The Bertz CT molecular complexity index is 496. The van der Waals surface area contributed by atoms with Crippen molar-refractivity contribution in [1.82, 2.24) is 14.9 Å². The smallest absolute Gasteiger partial charge is 0.219 e. The van der Waals surface area contributed by atoms with Crippen molar-refractivity contribution >= 4 is 11.7 Å². The topological polar surface area (TPSA) is 58.1 Å². The lowest BCUT2D eigenvalue weighted by Crippen LogP contribution is -2.37. The van der Waals surface area contributed by atoms with E-state index in [9.17, 15) is 4.79 Å². The first-order chi connectivity index (χ1) is 10.7. The van der Waals surface area contributed by atoms with Crippen LogP contribution in [0.2, 0.25) is 0 Å². The van der Waals surface area contributed by atoms with Gasteiger partial charge in [-0.25, -0.2) is 4.98 Å². The number of piperidine rings is 1. The molecular weight excluding hydrogens is 276 g/mol.